The number of methoxy groups -OCH3 is 1. The van der Waals surface area contributed by atoms with Gasteiger partial charge in [-0.2, -0.15) is 0 Å². The van der Waals surface area contributed by atoms with Crippen LogP contribution in [0.1, 0.15) is 19.8 Å². The third-order valence-electron chi connectivity index (χ3n) is 3.86. The molecule has 1 aromatic rings. The van der Waals surface area contributed by atoms with Crippen molar-refractivity contribution in [1.29, 1.82) is 0 Å². The van der Waals surface area contributed by atoms with Crippen LogP contribution >= 0.6 is 0 Å². The van der Waals surface area contributed by atoms with Crippen LogP contribution in [0.2, 0.25) is 0 Å². The Labute approximate surface area is 125 Å². The number of hydrogen-bond acceptors (Lipinski definition) is 4. The predicted molar refractivity (Wildman–Crippen MR) is 81.1 cm³/mol. The number of benzene rings is 1. The highest BCUT2D eigenvalue weighted by atomic mass is 16.5. The number of carbonyl (C=O) groups is 2. The minimum Gasteiger partial charge on any atom is -0.468 e. The quantitative estimate of drug-likeness (QED) is 0.774. The number of esters is 1. The topological polar surface area (TPSA) is 49.9 Å². The molecule has 1 atom stereocenters. The molecule has 1 saturated heterocycles. The molecule has 0 N–H and O–H groups in total. The van der Waals surface area contributed by atoms with Gasteiger partial charge in [-0.3, -0.25) is 14.5 Å². The third-order valence-corrected chi connectivity index (χ3v) is 3.86. The first kappa shape index (κ1) is 15.5. The normalized spacial score (nSPS) is 18.5. The van der Waals surface area contributed by atoms with Gasteiger partial charge in [0.25, 0.3) is 0 Å². The van der Waals surface area contributed by atoms with E-state index in [1.807, 2.05) is 42.2 Å². The minimum absolute atomic E-state index is 0.0134. The number of carbonyl (C=O) groups excluding carboxylic acids is 2. The first-order chi connectivity index (χ1) is 10.2. The Morgan fingerprint density at radius 2 is 2.05 bits per heavy atom. The van der Waals surface area contributed by atoms with Crippen molar-refractivity contribution >= 4 is 17.6 Å². The van der Waals surface area contributed by atoms with Crippen LogP contribution < -0.4 is 4.90 Å². The zero-order valence-corrected chi connectivity index (χ0v) is 12.6. The largest absolute Gasteiger partial charge is 0.468 e. The van der Waals surface area contributed by atoms with Crippen molar-refractivity contribution in [2.45, 2.75) is 25.8 Å². The summed E-state index contributed by atoms with van der Waals surface area (Å²) in [5, 5.41) is 0. The maximum Gasteiger partial charge on any atom is 0.323 e. The van der Waals surface area contributed by atoms with E-state index in [-0.39, 0.29) is 24.5 Å². The molecule has 1 unspecified atom stereocenters. The average Bonchev–Trinajstić information content (AvgIpc) is 2.96. The number of anilines is 1. The van der Waals surface area contributed by atoms with Crippen LogP contribution in [0.25, 0.3) is 0 Å². The van der Waals surface area contributed by atoms with E-state index in [0.717, 1.165) is 25.1 Å². The molecule has 5 heteroatoms. The summed E-state index contributed by atoms with van der Waals surface area (Å²) >= 11 is 0. The zero-order valence-electron chi connectivity index (χ0n) is 12.6. The standard InChI is InChI=1S/C16H22N2O3/c1-3-18(13-8-5-4-6-9-13)15(19)12-17-11-7-10-14(17)16(20)21-2/h4-6,8-9,14H,3,7,10-12H2,1-2H3. The maximum absolute atomic E-state index is 12.5. The first-order valence-electron chi connectivity index (χ1n) is 7.34. The highest BCUT2D eigenvalue weighted by Gasteiger charge is 2.33. The molecule has 1 heterocycles. The van der Waals surface area contributed by atoms with Gasteiger partial charge in [-0.15, -0.1) is 0 Å². The summed E-state index contributed by atoms with van der Waals surface area (Å²) in [5.74, 6) is -0.234. The van der Waals surface area contributed by atoms with E-state index < -0.39 is 0 Å². The van der Waals surface area contributed by atoms with Crippen LogP contribution in [0.15, 0.2) is 30.3 Å². The highest BCUT2D eigenvalue weighted by molar-refractivity contribution is 5.95. The number of hydrogen-bond donors (Lipinski definition) is 0. The Hall–Kier alpha value is -1.88. The van der Waals surface area contributed by atoms with Gasteiger partial charge in [0.15, 0.2) is 0 Å². The van der Waals surface area contributed by atoms with Gasteiger partial charge in [0.2, 0.25) is 5.91 Å². The number of ether oxygens (including phenoxy) is 1. The van der Waals surface area contributed by atoms with E-state index >= 15 is 0 Å². The summed E-state index contributed by atoms with van der Waals surface area (Å²) in [4.78, 5) is 27.9. The van der Waals surface area contributed by atoms with Gasteiger partial charge in [0.05, 0.1) is 13.7 Å². The van der Waals surface area contributed by atoms with E-state index in [4.69, 9.17) is 4.74 Å². The molecule has 1 aliphatic rings. The van der Waals surface area contributed by atoms with E-state index in [0.29, 0.717) is 6.54 Å². The van der Waals surface area contributed by atoms with E-state index in [2.05, 4.69) is 0 Å². The second-order valence-corrected chi connectivity index (χ2v) is 5.13. The minimum atomic E-state index is -0.284. The average molecular weight is 290 g/mol. The van der Waals surface area contributed by atoms with Crippen molar-refractivity contribution in [2.75, 3.05) is 31.6 Å². The summed E-state index contributed by atoms with van der Waals surface area (Å²) in [6.45, 7) is 3.58. The molecular weight excluding hydrogens is 268 g/mol. The van der Waals surface area contributed by atoms with Gasteiger partial charge in [-0.1, -0.05) is 18.2 Å². The van der Waals surface area contributed by atoms with Crippen LogP contribution in [-0.2, 0) is 14.3 Å². The lowest BCUT2D eigenvalue weighted by Crippen LogP contribution is -2.45. The van der Waals surface area contributed by atoms with Crippen molar-refractivity contribution < 1.29 is 14.3 Å². The molecule has 0 aliphatic carbocycles. The summed E-state index contributed by atoms with van der Waals surface area (Å²) in [5.41, 5.74) is 0.888. The molecule has 1 fully saturated rings. The Balaban J connectivity index is 2.04. The lowest BCUT2D eigenvalue weighted by atomic mass is 10.2. The number of nitrogens with zero attached hydrogens (tertiary/aromatic N) is 2. The Morgan fingerprint density at radius 1 is 1.33 bits per heavy atom. The van der Waals surface area contributed by atoms with E-state index in [9.17, 15) is 9.59 Å². The molecule has 1 aliphatic heterocycles. The van der Waals surface area contributed by atoms with Crippen molar-refractivity contribution in [3.8, 4) is 0 Å². The van der Waals surface area contributed by atoms with Crippen LogP contribution in [-0.4, -0.2) is 49.6 Å². The molecule has 114 valence electrons. The van der Waals surface area contributed by atoms with Crippen molar-refractivity contribution in [2.24, 2.45) is 0 Å². The molecule has 0 radical (unpaired) electrons. The number of rotatable bonds is 5. The Kier molecular flexibility index (Phi) is 5.33. The lowest BCUT2D eigenvalue weighted by molar-refractivity contribution is -0.146. The van der Waals surface area contributed by atoms with Crippen LogP contribution in [0.4, 0.5) is 5.69 Å². The molecule has 5 nitrogen and oxygen atoms in total. The van der Waals surface area contributed by atoms with Gasteiger partial charge in [-0.05, 0) is 38.4 Å². The molecule has 0 aromatic heterocycles. The van der Waals surface area contributed by atoms with Crippen molar-refractivity contribution in [3.05, 3.63) is 30.3 Å². The summed E-state index contributed by atoms with van der Waals surface area (Å²) in [6.07, 6.45) is 1.68. The molecule has 0 bridgehead atoms. The van der Waals surface area contributed by atoms with Crippen LogP contribution in [0, 0.1) is 0 Å². The number of amides is 1. The highest BCUT2D eigenvalue weighted by Crippen LogP contribution is 2.20. The molecule has 21 heavy (non-hydrogen) atoms. The Bertz CT molecular complexity index is 490. The fraction of sp³-hybridized carbons (Fsp3) is 0.500. The fourth-order valence-electron chi connectivity index (χ4n) is 2.79. The van der Waals surface area contributed by atoms with Crippen molar-refractivity contribution in [3.63, 3.8) is 0 Å². The maximum atomic E-state index is 12.5. The summed E-state index contributed by atoms with van der Waals surface area (Å²) in [6, 6.07) is 9.31. The number of likely N-dealkylation sites (N-methyl/N-ethyl adjacent to an activating group) is 1. The fourth-order valence-corrected chi connectivity index (χ4v) is 2.79. The second kappa shape index (κ2) is 7.22. The predicted octanol–water partition coefficient (Wildman–Crippen LogP) is 1.68. The summed E-state index contributed by atoms with van der Waals surface area (Å²) in [7, 11) is 1.39. The Morgan fingerprint density at radius 3 is 2.67 bits per heavy atom. The van der Waals surface area contributed by atoms with Gasteiger partial charge in [-0.25, -0.2) is 0 Å². The molecule has 1 amide bonds. The van der Waals surface area contributed by atoms with Gasteiger partial charge in [0.1, 0.15) is 6.04 Å². The molecule has 2 rings (SSSR count). The zero-order chi connectivity index (χ0) is 15.2. The van der Waals surface area contributed by atoms with E-state index in [1.54, 1.807) is 4.90 Å². The first-order valence-corrected chi connectivity index (χ1v) is 7.34. The SMILES string of the molecule is CCN(C(=O)CN1CCCC1C(=O)OC)c1ccccc1. The molecule has 0 spiro atoms. The van der Waals surface area contributed by atoms with Gasteiger partial charge in [0, 0.05) is 12.2 Å². The smallest absolute Gasteiger partial charge is 0.323 e. The molecule has 0 saturated carbocycles. The van der Waals surface area contributed by atoms with E-state index in [1.165, 1.54) is 7.11 Å². The summed E-state index contributed by atoms with van der Waals surface area (Å²) < 4.78 is 4.81. The number of likely N-dealkylation sites (tertiary alicyclic amines) is 1. The monoisotopic (exact) mass is 290 g/mol. The van der Waals surface area contributed by atoms with Crippen LogP contribution in [0.5, 0.6) is 0 Å². The van der Waals surface area contributed by atoms with Gasteiger partial charge < -0.3 is 9.64 Å². The van der Waals surface area contributed by atoms with Crippen LogP contribution in [0.3, 0.4) is 0 Å². The molecular formula is C16H22N2O3. The molecule has 1 aromatic carbocycles. The third kappa shape index (κ3) is 3.61. The van der Waals surface area contributed by atoms with Crippen molar-refractivity contribution in [1.82, 2.24) is 4.90 Å². The lowest BCUT2D eigenvalue weighted by Gasteiger charge is -2.26. The second-order valence-electron chi connectivity index (χ2n) is 5.13. The number of para-hydroxylation sites is 1. The van der Waals surface area contributed by atoms with Gasteiger partial charge >= 0.3 is 5.97 Å².